The summed E-state index contributed by atoms with van der Waals surface area (Å²) in [7, 11) is -2.00. The number of sulfonamides is 1. The van der Waals surface area contributed by atoms with Gasteiger partial charge in [0.15, 0.2) is 0 Å². The number of nitrogens with one attached hydrogen (secondary N) is 2. The first-order valence-corrected chi connectivity index (χ1v) is 10.9. The summed E-state index contributed by atoms with van der Waals surface area (Å²) in [6, 6.07) is 14.0. The second-order valence-electron chi connectivity index (χ2n) is 6.31. The molecular weight excluding hydrogens is 378 g/mol. The predicted octanol–water partition coefficient (Wildman–Crippen LogP) is 3.09. The van der Waals surface area contributed by atoms with Gasteiger partial charge in [0.1, 0.15) is 11.8 Å². The molecule has 1 atom stereocenters. The van der Waals surface area contributed by atoms with Crippen LogP contribution in [-0.4, -0.2) is 45.7 Å². The SMILES string of the molecule is CCN(CC)C(C(=O)Nc1ccc(NS(C)(=O)=O)c(OC)c1)c1ccccc1. The zero-order valence-corrected chi connectivity index (χ0v) is 17.4. The fraction of sp³-hybridized carbons (Fsp3) is 0.350. The van der Waals surface area contributed by atoms with Crippen molar-refractivity contribution in [2.75, 3.05) is 36.5 Å². The first-order chi connectivity index (χ1) is 13.3. The Balaban J connectivity index is 2.30. The number of carbonyl (C=O) groups is 1. The van der Waals surface area contributed by atoms with Gasteiger partial charge in [0.05, 0.1) is 19.1 Å². The van der Waals surface area contributed by atoms with Crippen LogP contribution >= 0.6 is 0 Å². The van der Waals surface area contributed by atoms with Crippen LogP contribution in [-0.2, 0) is 14.8 Å². The van der Waals surface area contributed by atoms with Crippen molar-refractivity contribution < 1.29 is 17.9 Å². The van der Waals surface area contributed by atoms with Gasteiger partial charge in [0, 0.05) is 11.8 Å². The Kier molecular flexibility index (Phi) is 7.42. The van der Waals surface area contributed by atoms with Gasteiger partial charge in [-0.2, -0.15) is 0 Å². The second-order valence-corrected chi connectivity index (χ2v) is 8.06. The van der Waals surface area contributed by atoms with Gasteiger partial charge in [0.2, 0.25) is 15.9 Å². The maximum Gasteiger partial charge on any atom is 0.246 e. The molecule has 0 aliphatic heterocycles. The largest absolute Gasteiger partial charge is 0.494 e. The lowest BCUT2D eigenvalue weighted by Gasteiger charge is -2.29. The molecule has 2 aromatic carbocycles. The number of methoxy groups -OCH3 is 1. The third-order valence-corrected chi connectivity index (χ3v) is 4.90. The molecule has 0 aliphatic rings. The minimum absolute atomic E-state index is 0.166. The first kappa shape index (κ1) is 21.7. The van der Waals surface area contributed by atoms with Crippen molar-refractivity contribution in [1.82, 2.24) is 4.90 Å². The summed E-state index contributed by atoms with van der Waals surface area (Å²) in [6.07, 6.45) is 1.07. The summed E-state index contributed by atoms with van der Waals surface area (Å²) in [5.41, 5.74) is 1.74. The van der Waals surface area contributed by atoms with E-state index < -0.39 is 16.1 Å². The summed E-state index contributed by atoms with van der Waals surface area (Å²) in [5.74, 6) is 0.156. The highest BCUT2D eigenvalue weighted by molar-refractivity contribution is 7.92. The minimum Gasteiger partial charge on any atom is -0.494 e. The topological polar surface area (TPSA) is 87.7 Å². The van der Waals surface area contributed by atoms with Crippen molar-refractivity contribution in [2.45, 2.75) is 19.9 Å². The van der Waals surface area contributed by atoms with Crippen LogP contribution in [0.25, 0.3) is 0 Å². The van der Waals surface area contributed by atoms with Crippen molar-refractivity contribution >= 4 is 27.3 Å². The van der Waals surface area contributed by atoms with Crippen LogP contribution in [0.2, 0.25) is 0 Å². The van der Waals surface area contributed by atoms with E-state index in [9.17, 15) is 13.2 Å². The molecule has 0 spiro atoms. The van der Waals surface area contributed by atoms with E-state index in [4.69, 9.17) is 4.74 Å². The molecule has 2 N–H and O–H groups in total. The normalized spacial score (nSPS) is 12.5. The number of carbonyl (C=O) groups excluding carboxylic acids is 1. The van der Waals surface area contributed by atoms with Crippen molar-refractivity contribution in [1.29, 1.82) is 0 Å². The standard InChI is InChI=1S/C20H27N3O4S/c1-5-23(6-2)19(15-10-8-7-9-11-15)20(24)21-16-12-13-17(18(14-16)27-3)22-28(4,25)26/h7-14,19,22H,5-6H2,1-4H3,(H,21,24). The average molecular weight is 406 g/mol. The van der Waals surface area contributed by atoms with Crippen LogP contribution in [0.5, 0.6) is 5.75 Å². The van der Waals surface area contributed by atoms with Crippen LogP contribution in [0.15, 0.2) is 48.5 Å². The molecule has 1 amide bonds. The molecule has 7 nitrogen and oxygen atoms in total. The molecule has 0 fully saturated rings. The fourth-order valence-electron chi connectivity index (χ4n) is 3.02. The van der Waals surface area contributed by atoms with Crippen LogP contribution in [0.3, 0.4) is 0 Å². The van der Waals surface area contributed by atoms with Crippen LogP contribution in [0.4, 0.5) is 11.4 Å². The number of anilines is 2. The molecule has 152 valence electrons. The minimum atomic E-state index is -3.44. The summed E-state index contributed by atoms with van der Waals surface area (Å²) in [5, 5.41) is 2.92. The molecule has 2 rings (SSSR count). The first-order valence-electron chi connectivity index (χ1n) is 9.04. The molecular formula is C20H27N3O4S. The van der Waals surface area contributed by atoms with Gasteiger partial charge in [0.25, 0.3) is 0 Å². The van der Waals surface area contributed by atoms with E-state index in [1.54, 1.807) is 18.2 Å². The zero-order valence-electron chi connectivity index (χ0n) is 16.6. The van der Waals surface area contributed by atoms with Crippen molar-refractivity contribution in [2.24, 2.45) is 0 Å². The maximum atomic E-state index is 13.1. The third kappa shape index (κ3) is 5.71. The van der Waals surface area contributed by atoms with Gasteiger partial charge < -0.3 is 10.1 Å². The van der Waals surface area contributed by atoms with Crippen molar-refractivity contribution in [3.05, 3.63) is 54.1 Å². The summed E-state index contributed by atoms with van der Waals surface area (Å²) in [4.78, 5) is 15.2. The molecule has 0 aliphatic carbocycles. The Morgan fingerprint density at radius 2 is 1.75 bits per heavy atom. The van der Waals surface area contributed by atoms with Crippen LogP contribution < -0.4 is 14.8 Å². The lowest BCUT2D eigenvalue weighted by Crippen LogP contribution is -2.37. The number of rotatable bonds is 9. The molecule has 1 unspecified atom stereocenters. The number of ether oxygens (including phenoxy) is 1. The van der Waals surface area contributed by atoms with E-state index >= 15 is 0 Å². The molecule has 28 heavy (non-hydrogen) atoms. The van der Waals surface area contributed by atoms with Crippen molar-refractivity contribution in [3.8, 4) is 5.75 Å². The van der Waals surface area contributed by atoms with Crippen LogP contribution in [0, 0.1) is 0 Å². The van der Waals surface area contributed by atoms with Gasteiger partial charge in [-0.1, -0.05) is 44.2 Å². The van der Waals surface area contributed by atoms with Gasteiger partial charge in [-0.15, -0.1) is 0 Å². The summed E-state index contributed by atoms with van der Waals surface area (Å²) in [6.45, 7) is 5.48. The molecule has 0 saturated heterocycles. The molecule has 0 heterocycles. The van der Waals surface area contributed by atoms with Crippen LogP contribution in [0.1, 0.15) is 25.5 Å². The number of benzene rings is 2. The third-order valence-electron chi connectivity index (χ3n) is 4.31. The van der Waals surface area contributed by atoms with Gasteiger partial charge >= 0.3 is 0 Å². The molecule has 8 heteroatoms. The molecule has 0 aromatic heterocycles. The highest BCUT2D eigenvalue weighted by Crippen LogP contribution is 2.30. The number of hydrogen-bond acceptors (Lipinski definition) is 5. The molecule has 0 saturated carbocycles. The van der Waals surface area contributed by atoms with E-state index in [2.05, 4.69) is 14.9 Å². The highest BCUT2D eigenvalue weighted by Gasteiger charge is 2.26. The lowest BCUT2D eigenvalue weighted by atomic mass is 10.0. The highest BCUT2D eigenvalue weighted by atomic mass is 32.2. The Hall–Kier alpha value is -2.58. The molecule has 2 aromatic rings. The Labute approximate surface area is 166 Å². The number of nitrogens with zero attached hydrogens (tertiary/aromatic N) is 1. The van der Waals surface area contributed by atoms with Gasteiger partial charge in [-0.05, 0) is 30.8 Å². The van der Waals surface area contributed by atoms with Crippen molar-refractivity contribution in [3.63, 3.8) is 0 Å². The van der Waals surface area contributed by atoms with E-state index in [1.165, 1.54) is 7.11 Å². The fourth-order valence-corrected chi connectivity index (χ4v) is 3.58. The molecule has 0 bridgehead atoms. The number of amides is 1. The lowest BCUT2D eigenvalue weighted by molar-refractivity contribution is -0.121. The van der Waals surface area contributed by atoms with Gasteiger partial charge in [-0.25, -0.2) is 8.42 Å². The predicted molar refractivity (Wildman–Crippen MR) is 112 cm³/mol. The average Bonchev–Trinajstić information content (AvgIpc) is 2.66. The quantitative estimate of drug-likeness (QED) is 0.669. The van der Waals surface area contributed by atoms with E-state index in [-0.39, 0.29) is 5.91 Å². The Morgan fingerprint density at radius 3 is 2.29 bits per heavy atom. The summed E-state index contributed by atoms with van der Waals surface area (Å²) >= 11 is 0. The maximum absolute atomic E-state index is 13.1. The molecule has 0 radical (unpaired) electrons. The number of hydrogen-bond donors (Lipinski definition) is 2. The van der Waals surface area contributed by atoms with E-state index in [1.807, 2.05) is 44.2 Å². The second kappa shape index (κ2) is 9.57. The van der Waals surface area contributed by atoms with Gasteiger partial charge in [-0.3, -0.25) is 14.4 Å². The monoisotopic (exact) mass is 405 g/mol. The van der Waals surface area contributed by atoms with E-state index in [0.717, 1.165) is 24.9 Å². The van der Waals surface area contributed by atoms with E-state index in [0.29, 0.717) is 17.1 Å². The summed E-state index contributed by atoms with van der Waals surface area (Å²) < 4.78 is 30.6. The Morgan fingerprint density at radius 1 is 1.11 bits per heavy atom. The number of likely N-dealkylation sites (N-methyl/N-ethyl adjacent to an activating group) is 1. The smallest absolute Gasteiger partial charge is 0.246 e. The Bertz CT molecular complexity index is 897. The zero-order chi connectivity index (χ0) is 20.7.